The molecule has 1 saturated carbocycles. The molecule has 1 aromatic carbocycles. The van der Waals surface area contributed by atoms with Crippen molar-refractivity contribution >= 4 is 5.91 Å². The molecule has 136 valence electrons. The number of aliphatic hydroxyl groups excluding tert-OH is 1. The van der Waals surface area contributed by atoms with Crippen LogP contribution in [-0.4, -0.2) is 46.1 Å². The first-order valence-corrected chi connectivity index (χ1v) is 9.37. The summed E-state index contributed by atoms with van der Waals surface area (Å²) in [4.78, 5) is 18.8. The summed E-state index contributed by atoms with van der Waals surface area (Å²) in [5.74, 6) is 0.592. The molecule has 0 unspecified atom stereocenters. The Morgan fingerprint density at radius 1 is 1.12 bits per heavy atom. The fraction of sp³-hybridized carbons (Fsp3) is 0.429. The quantitative estimate of drug-likeness (QED) is 0.800. The van der Waals surface area contributed by atoms with E-state index in [0.717, 1.165) is 18.5 Å². The summed E-state index contributed by atoms with van der Waals surface area (Å²) in [7, 11) is 0. The molecule has 2 aliphatic rings. The minimum atomic E-state index is 0.0437. The lowest BCUT2D eigenvalue weighted by molar-refractivity contribution is -0.123. The van der Waals surface area contributed by atoms with Crippen LogP contribution in [0.4, 0.5) is 0 Å². The number of amides is 1. The monoisotopic (exact) mass is 351 g/mol. The van der Waals surface area contributed by atoms with Crippen molar-refractivity contribution in [2.24, 2.45) is 5.92 Å². The Hall–Kier alpha value is -2.24. The van der Waals surface area contributed by atoms with Crippen molar-refractivity contribution in [2.45, 2.75) is 37.4 Å². The van der Waals surface area contributed by atoms with E-state index in [0.29, 0.717) is 13.1 Å². The Bertz CT molecular complexity index is 733. The molecule has 2 fully saturated rings. The molecular formula is C21H25N3O2. The summed E-state index contributed by atoms with van der Waals surface area (Å²) in [5, 5.41) is 13.1. The number of benzene rings is 1. The van der Waals surface area contributed by atoms with Crippen LogP contribution in [0, 0.1) is 5.92 Å². The maximum Gasteiger partial charge on any atom is 0.223 e. The van der Waals surface area contributed by atoms with Gasteiger partial charge in [-0.05, 0) is 30.5 Å². The maximum atomic E-state index is 12.1. The highest BCUT2D eigenvalue weighted by atomic mass is 16.3. The lowest BCUT2D eigenvalue weighted by Crippen LogP contribution is -2.66. The second kappa shape index (κ2) is 7.56. The Morgan fingerprint density at radius 3 is 2.54 bits per heavy atom. The van der Waals surface area contributed by atoms with E-state index in [4.69, 9.17) is 0 Å². The number of rotatable bonds is 7. The normalized spacial score (nSPS) is 25.5. The van der Waals surface area contributed by atoms with E-state index in [-0.39, 0.29) is 36.4 Å². The summed E-state index contributed by atoms with van der Waals surface area (Å²) < 4.78 is 0. The summed E-state index contributed by atoms with van der Waals surface area (Å²) >= 11 is 0. The lowest BCUT2D eigenvalue weighted by Gasteiger charge is -2.55. The van der Waals surface area contributed by atoms with Gasteiger partial charge in [0.1, 0.15) is 0 Å². The minimum Gasteiger partial charge on any atom is -0.395 e. The van der Waals surface area contributed by atoms with Gasteiger partial charge in [-0.25, -0.2) is 0 Å². The second-order valence-electron chi connectivity index (χ2n) is 7.27. The molecule has 5 heteroatoms. The molecule has 3 atom stereocenters. The number of aliphatic hydroxyl groups is 1. The molecule has 2 heterocycles. The van der Waals surface area contributed by atoms with Crippen molar-refractivity contribution in [1.29, 1.82) is 0 Å². The van der Waals surface area contributed by atoms with Crippen LogP contribution in [0.25, 0.3) is 0 Å². The maximum absolute atomic E-state index is 12.1. The SMILES string of the molecule is O=C(NC[C@@H]1[C@@H](c2ccccc2)[C@H](CO)N1Cc1ccccn1)C1CC1. The molecule has 1 aliphatic heterocycles. The Labute approximate surface area is 154 Å². The van der Waals surface area contributed by atoms with E-state index in [2.05, 4.69) is 27.3 Å². The van der Waals surface area contributed by atoms with Crippen LogP contribution in [0.15, 0.2) is 54.7 Å². The summed E-state index contributed by atoms with van der Waals surface area (Å²) in [6.45, 7) is 1.39. The minimum absolute atomic E-state index is 0.0437. The zero-order valence-electron chi connectivity index (χ0n) is 14.8. The first kappa shape index (κ1) is 17.2. The molecular weight excluding hydrogens is 326 g/mol. The van der Waals surface area contributed by atoms with Gasteiger partial charge in [0, 0.05) is 43.2 Å². The number of carbonyl (C=O) groups excluding carboxylic acids is 1. The van der Waals surface area contributed by atoms with Gasteiger partial charge in [-0.3, -0.25) is 14.7 Å². The zero-order valence-corrected chi connectivity index (χ0v) is 14.8. The molecule has 4 rings (SSSR count). The van der Waals surface area contributed by atoms with Gasteiger partial charge in [0.25, 0.3) is 0 Å². The Kier molecular flexibility index (Phi) is 5.00. The van der Waals surface area contributed by atoms with Gasteiger partial charge in [-0.2, -0.15) is 0 Å². The average Bonchev–Trinajstić information content (AvgIpc) is 3.52. The van der Waals surface area contributed by atoms with Gasteiger partial charge in [-0.1, -0.05) is 36.4 Å². The molecule has 0 bridgehead atoms. The molecule has 1 aromatic heterocycles. The summed E-state index contributed by atoms with van der Waals surface area (Å²) in [5.41, 5.74) is 2.20. The number of nitrogens with one attached hydrogen (secondary N) is 1. The molecule has 26 heavy (non-hydrogen) atoms. The van der Waals surface area contributed by atoms with Crippen molar-refractivity contribution < 1.29 is 9.90 Å². The Morgan fingerprint density at radius 2 is 1.88 bits per heavy atom. The molecule has 1 aliphatic carbocycles. The third-order valence-electron chi connectivity index (χ3n) is 5.56. The summed E-state index contributed by atoms with van der Waals surface area (Å²) in [6.07, 6.45) is 3.81. The van der Waals surface area contributed by atoms with E-state index in [1.165, 1.54) is 5.56 Å². The Balaban J connectivity index is 1.52. The van der Waals surface area contributed by atoms with Gasteiger partial charge in [0.05, 0.1) is 12.3 Å². The van der Waals surface area contributed by atoms with E-state index >= 15 is 0 Å². The third kappa shape index (κ3) is 3.50. The highest BCUT2D eigenvalue weighted by Crippen LogP contribution is 2.41. The molecule has 2 N–H and O–H groups in total. The highest BCUT2D eigenvalue weighted by Gasteiger charge is 2.48. The van der Waals surface area contributed by atoms with Crippen LogP contribution in [0.5, 0.6) is 0 Å². The number of hydrogen-bond acceptors (Lipinski definition) is 4. The first-order valence-electron chi connectivity index (χ1n) is 9.37. The van der Waals surface area contributed by atoms with E-state index in [9.17, 15) is 9.90 Å². The van der Waals surface area contributed by atoms with Gasteiger partial charge >= 0.3 is 0 Å². The van der Waals surface area contributed by atoms with Gasteiger partial charge in [-0.15, -0.1) is 0 Å². The number of nitrogens with zero attached hydrogens (tertiary/aromatic N) is 2. The zero-order chi connectivity index (χ0) is 17.9. The molecule has 5 nitrogen and oxygen atoms in total. The fourth-order valence-electron chi connectivity index (χ4n) is 4.00. The largest absolute Gasteiger partial charge is 0.395 e. The van der Waals surface area contributed by atoms with Gasteiger partial charge in [0.15, 0.2) is 0 Å². The highest BCUT2D eigenvalue weighted by molar-refractivity contribution is 5.80. The number of hydrogen-bond donors (Lipinski definition) is 2. The van der Waals surface area contributed by atoms with Crippen LogP contribution in [0.3, 0.4) is 0 Å². The lowest BCUT2D eigenvalue weighted by atomic mass is 9.75. The molecule has 1 saturated heterocycles. The van der Waals surface area contributed by atoms with Crippen molar-refractivity contribution in [3.8, 4) is 0 Å². The topological polar surface area (TPSA) is 65.5 Å². The van der Waals surface area contributed by atoms with Crippen LogP contribution in [0.1, 0.15) is 30.0 Å². The first-order chi connectivity index (χ1) is 12.8. The van der Waals surface area contributed by atoms with Crippen LogP contribution < -0.4 is 5.32 Å². The number of aromatic nitrogens is 1. The van der Waals surface area contributed by atoms with Crippen molar-refractivity contribution in [3.63, 3.8) is 0 Å². The summed E-state index contributed by atoms with van der Waals surface area (Å²) in [6, 6.07) is 16.4. The number of likely N-dealkylation sites (tertiary alicyclic amines) is 1. The fourth-order valence-corrected chi connectivity index (χ4v) is 4.00. The van der Waals surface area contributed by atoms with E-state index < -0.39 is 0 Å². The average molecular weight is 351 g/mol. The second-order valence-corrected chi connectivity index (χ2v) is 7.27. The van der Waals surface area contributed by atoms with Crippen LogP contribution in [-0.2, 0) is 11.3 Å². The van der Waals surface area contributed by atoms with E-state index in [1.54, 1.807) is 6.20 Å². The van der Waals surface area contributed by atoms with Crippen LogP contribution in [0.2, 0.25) is 0 Å². The molecule has 2 aromatic rings. The number of pyridine rings is 1. The van der Waals surface area contributed by atoms with Gasteiger partial charge < -0.3 is 10.4 Å². The van der Waals surface area contributed by atoms with E-state index in [1.807, 2.05) is 36.4 Å². The predicted octanol–water partition coefficient (Wildman–Crippen LogP) is 1.94. The van der Waals surface area contributed by atoms with Crippen molar-refractivity contribution in [3.05, 3.63) is 66.0 Å². The smallest absolute Gasteiger partial charge is 0.223 e. The molecule has 0 radical (unpaired) electrons. The van der Waals surface area contributed by atoms with Gasteiger partial charge in [0.2, 0.25) is 5.91 Å². The van der Waals surface area contributed by atoms with Crippen molar-refractivity contribution in [2.75, 3.05) is 13.2 Å². The standard InChI is InChI=1S/C21H25N3O2/c25-14-19-20(15-6-2-1-3-7-15)18(12-23-21(26)16-9-10-16)24(19)13-17-8-4-5-11-22-17/h1-8,11,16,18-20,25H,9-10,12-14H2,(H,23,26)/t18-,19+,20-/m1/s1. The number of carbonyl (C=O) groups is 1. The van der Waals surface area contributed by atoms with Crippen LogP contribution >= 0.6 is 0 Å². The molecule has 1 amide bonds. The third-order valence-corrected chi connectivity index (χ3v) is 5.56. The predicted molar refractivity (Wildman–Crippen MR) is 99.4 cm³/mol. The van der Waals surface area contributed by atoms with Crippen molar-refractivity contribution in [1.82, 2.24) is 15.2 Å². The molecule has 0 spiro atoms.